The van der Waals surface area contributed by atoms with E-state index in [1.807, 2.05) is 6.92 Å². The summed E-state index contributed by atoms with van der Waals surface area (Å²) in [6.07, 6.45) is 6.29. The zero-order valence-corrected chi connectivity index (χ0v) is 8.18. The minimum Gasteiger partial charge on any atom is -1.00 e. The summed E-state index contributed by atoms with van der Waals surface area (Å²) in [5, 5.41) is 0. The average Bonchev–Trinajstić information content (AvgIpc) is 2.05. The maximum absolute atomic E-state index is 10.8. The SMILES string of the molecule is CC(C(N)=O)C1CCCCC1.[H-].[Li+]. The summed E-state index contributed by atoms with van der Waals surface area (Å²) in [5.41, 5.74) is 5.23. The number of carbonyl (C=O) groups excluding carboxylic acids is 1. The van der Waals surface area contributed by atoms with Gasteiger partial charge in [0.2, 0.25) is 5.91 Å². The maximum Gasteiger partial charge on any atom is 1.00 e. The summed E-state index contributed by atoms with van der Waals surface area (Å²) < 4.78 is 0. The van der Waals surface area contributed by atoms with Crippen molar-refractivity contribution < 1.29 is 25.1 Å². The molecule has 2 nitrogen and oxygen atoms in total. The van der Waals surface area contributed by atoms with Crippen molar-refractivity contribution in [3.63, 3.8) is 0 Å². The number of nitrogens with two attached hydrogens (primary N) is 1. The standard InChI is InChI=1S/C9H17NO.Li.H/c1-7(9(10)11)8-5-3-2-4-6-8;;/h7-8H,2-6H2,1H3,(H2,10,11);;/q;+1;-1. The third-order valence-electron chi connectivity index (χ3n) is 2.81. The Kier molecular flexibility index (Phi) is 5.70. The van der Waals surface area contributed by atoms with Crippen molar-refractivity contribution in [1.82, 2.24) is 0 Å². The molecule has 1 unspecified atom stereocenters. The second-order valence-corrected chi connectivity index (χ2v) is 3.59. The smallest absolute Gasteiger partial charge is 1.00 e. The predicted octanol–water partition coefficient (Wildman–Crippen LogP) is -1.20. The molecule has 0 aliphatic heterocycles. The summed E-state index contributed by atoms with van der Waals surface area (Å²) >= 11 is 0. The fourth-order valence-corrected chi connectivity index (χ4v) is 1.87. The van der Waals surface area contributed by atoms with Gasteiger partial charge in [-0.05, 0) is 18.8 Å². The van der Waals surface area contributed by atoms with Crippen LogP contribution in [0.1, 0.15) is 40.5 Å². The number of amides is 1. The molecule has 0 heterocycles. The van der Waals surface area contributed by atoms with Crippen LogP contribution >= 0.6 is 0 Å². The maximum atomic E-state index is 10.8. The van der Waals surface area contributed by atoms with E-state index in [0.29, 0.717) is 5.92 Å². The van der Waals surface area contributed by atoms with E-state index in [4.69, 9.17) is 5.73 Å². The van der Waals surface area contributed by atoms with Crippen molar-refractivity contribution in [2.24, 2.45) is 17.6 Å². The second kappa shape index (κ2) is 5.67. The molecule has 0 bridgehead atoms. The van der Waals surface area contributed by atoms with Gasteiger partial charge in [-0.15, -0.1) is 0 Å². The van der Waals surface area contributed by atoms with Crippen LogP contribution in [0.4, 0.5) is 0 Å². The van der Waals surface area contributed by atoms with Gasteiger partial charge in [0, 0.05) is 5.92 Å². The molecule has 0 radical (unpaired) electrons. The molecule has 0 spiro atoms. The fourth-order valence-electron chi connectivity index (χ4n) is 1.87. The van der Waals surface area contributed by atoms with Crippen molar-refractivity contribution in [3.05, 3.63) is 0 Å². The van der Waals surface area contributed by atoms with Gasteiger partial charge in [-0.2, -0.15) is 0 Å². The molecule has 1 aliphatic carbocycles. The first-order valence-corrected chi connectivity index (χ1v) is 4.51. The van der Waals surface area contributed by atoms with E-state index in [0.717, 1.165) is 0 Å². The monoisotopic (exact) mass is 163 g/mol. The number of carbonyl (C=O) groups is 1. The Morgan fingerprint density at radius 1 is 1.42 bits per heavy atom. The number of hydrogen-bond donors (Lipinski definition) is 1. The molecule has 1 atom stereocenters. The second-order valence-electron chi connectivity index (χ2n) is 3.59. The van der Waals surface area contributed by atoms with Gasteiger partial charge in [0.15, 0.2) is 0 Å². The van der Waals surface area contributed by atoms with Gasteiger partial charge in [-0.25, -0.2) is 0 Å². The van der Waals surface area contributed by atoms with Gasteiger partial charge < -0.3 is 7.16 Å². The van der Waals surface area contributed by atoms with Crippen molar-refractivity contribution in [1.29, 1.82) is 0 Å². The van der Waals surface area contributed by atoms with Gasteiger partial charge in [0.25, 0.3) is 0 Å². The normalized spacial score (nSPS) is 21.1. The van der Waals surface area contributed by atoms with Crippen LogP contribution in [0, 0.1) is 11.8 Å². The van der Waals surface area contributed by atoms with E-state index in [1.165, 1.54) is 32.1 Å². The largest absolute Gasteiger partial charge is 1.00 e. The Morgan fingerprint density at radius 3 is 2.33 bits per heavy atom. The Labute approximate surface area is 87.9 Å². The molecule has 1 fully saturated rings. The van der Waals surface area contributed by atoms with Gasteiger partial charge in [-0.3, -0.25) is 4.79 Å². The zero-order valence-electron chi connectivity index (χ0n) is 9.18. The molecule has 3 heteroatoms. The Bertz CT molecular complexity index is 149. The zero-order chi connectivity index (χ0) is 8.27. The van der Waals surface area contributed by atoms with Crippen molar-refractivity contribution >= 4 is 5.91 Å². The van der Waals surface area contributed by atoms with Crippen LogP contribution in [0.3, 0.4) is 0 Å². The molecule has 0 aromatic carbocycles. The summed E-state index contributed by atoms with van der Waals surface area (Å²) in [5.74, 6) is 0.536. The number of primary amides is 1. The fraction of sp³-hybridized carbons (Fsp3) is 0.889. The Morgan fingerprint density at radius 2 is 1.92 bits per heavy atom. The van der Waals surface area contributed by atoms with Gasteiger partial charge >= 0.3 is 18.9 Å². The molecule has 1 aliphatic rings. The van der Waals surface area contributed by atoms with Crippen LogP contribution in [0.2, 0.25) is 0 Å². The summed E-state index contributed by atoms with van der Waals surface area (Å²) in [6, 6.07) is 0. The molecule has 0 aromatic heterocycles. The molecular weight excluding hydrogens is 145 g/mol. The minimum atomic E-state index is -0.128. The van der Waals surface area contributed by atoms with E-state index in [2.05, 4.69) is 0 Å². The van der Waals surface area contributed by atoms with Gasteiger partial charge in [0.05, 0.1) is 0 Å². The van der Waals surface area contributed by atoms with E-state index >= 15 is 0 Å². The van der Waals surface area contributed by atoms with E-state index in [9.17, 15) is 4.79 Å². The first-order chi connectivity index (χ1) is 5.22. The van der Waals surface area contributed by atoms with Crippen LogP contribution in [0.25, 0.3) is 0 Å². The van der Waals surface area contributed by atoms with E-state index < -0.39 is 0 Å². The molecule has 12 heavy (non-hydrogen) atoms. The van der Waals surface area contributed by atoms with E-state index in [-0.39, 0.29) is 32.1 Å². The van der Waals surface area contributed by atoms with Crippen LogP contribution in [-0.2, 0) is 4.79 Å². The molecular formula is C9H18LiNO. The van der Waals surface area contributed by atoms with Crippen molar-refractivity contribution in [2.75, 3.05) is 0 Å². The van der Waals surface area contributed by atoms with Gasteiger partial charge in [-0.1, -0.05) is 26.2 Å². The molecule has 1 amide bonds. The quantitative estimate of drug-likeness (QED) is 0.511. The molecule has 2 N–H and O–H groups in total. The molecule has 1 rings (SSSR count). The summed E-state index contributed by atoms with van der Waals surface area (Å²) in [4.78, 5) is 10.8. The number of hydrogen-bond acceptors (Lipinski definition) is 1. The third-order valence-corrected chi connectivity index (χ3v) is 2.81. The third kappa shape index (κ3) is 3.21. The Balaban J connectivity index is 0. The molecule has 1 saturated carbocycles. The predicted molar refractivity (Wildman–Crippen MR) is 46.0 cm³/mol. The molecule has 0 aromatic rings. The minimum absolute atomic E-state index is 0. The van der Waals surface area contributed by atoms with Crippen molar-refractivity contribution in [2.45, 2.75) is 39.0 Å². The van der Waals surface area contributed by atoms with Crippen molar-refractivity contribution in [3.8, 4) is 0 Å². The summed E-state index contributed by atoms with van der Waals surface area (Å²) in [6.45, 7) is 1.96. The summed E-state index contributed by atoms with van der Waals surface area (Å²) in [7, 11) is 0. The van der Waals surface area contributed by atoms with Crippen LogP contribution in [0.15, 0.2) is 0 Å². The van der Waals surface area contributed by atoms with Gasteiger partial charge in [0.1, 0.15) is 0 Å². The number of rotatable bonds is 2. The molecule has 66 valence electrons. The molecule has 0 saturated heterocycles. The van der Waals surface area contributed by atoms with Crippen LogP contribution in [-0.4, -0.2) is 5.91 Å². The first kappa shape index (κ1) is 12.1. The van der Waals surface area contributed by atoms with E-state index in [1.54, 1.807) is 0 Å². The van der Waals surface area contributed by atoms with Crippen LogP contribution < -0.4 is 24.6 Å². The topological polar surface area (TPSA) is 43.1 Å². The van der Waals surface area contributed by atoms with Crippen LogP contribution in [0.5, 0.6) is 0 Å². The average molecular weight is 163 g/mol. The first-order valence-electron chi connectivity index (χ1n) is 4.51. The Hall–Kier alpha value is 0.0674.